The van der Waals surface area contributed by atoms with E-state index in [1.54, 1.807) is 14.2 Å². The SMILES string of the molecule is CCC/C(=C/CC(C)C)c1ccc(OC)c(OC)c1. The van der Waals surface area contributed by atoms with Gasteiger partial charge in [-0.15, -0.1) is 0 Å². The van der Waals surface area contributed by atoms with E-state index in [-0.39, 0.29) is 0 Å². The lowest BCUT2D eigenvalue weighted by molar-refractivity contribution is 0.355. The lowest BCUT2D eigenvalue weighted by atomic mass is 9.97. The predicted octanol–water partition coefficient (Wildman–Crippen LogP) is 4.93. The van der Waals surface area contributed by atoms with Gasteiger partial charge in [0.25, 0.3) is 0 Å². The van der Waals surface area contributed by atoms with Crippen LogP contribution in [0.15, 0.2) is 24.3 Å². The highest BCUT2D eigenvalue weighted by Crippen LogP contribution is 2.32. The molecule has 0 saturated heterocycles. The van der Waals surface area contributed by atoms with Crippen LogP contribution in [0, 0.1) is 5.92 Å². The summed E-state index contributed by atoms with van der Waals surface area (Å²) < 4.78 is 10.7. The second kappa shape index (κ2) is 7.88. The first-order valence-electron chi connectivity index (χ1n) is 7.03. The van der Waals surface area contributed by atoms with Gasteiger partial charge in [0, 0.05) is 0 Å². The van der Waals surface area contributed by atoms with E-state index in [4.69, 9.17) is 9.47 Å². The molecule has 0 radical (unpaired) electrons. The van der Waals surface area contributed by atoms with Crippen LogP contribution in [0.25, 0.3) is 5.57 Å². The van der Waals surface area contributed by atoms with Crippen molar-refractivity contribution < 1.29 is 9.47 Å². The van der Waals surface area contributed by atoms with Crippen molar-refractivity contribution in [3.05, 3.63) is 29.8 Å². The smallest absolute Gasteiger partial charge is 0.161 e. The van der Waals surface area contributed by atoms with E-state index in [9.17, 15) is 0 Å². The molecule has 1 aromatic rings. The number of hydrogen-bond donors (Lipinski definition) is 0. The molecule has 106 valence electrons. The average molecular weight is 262 g/mol. The molecule has 0 unspecified atom stereocenters. The number of benzene rings is 1. The van der Waals surface area contributed by atoms with Crippen LogP contribution in [0.5, 0.6) is 11.5 Å². The quantitative estimate of drug-likeness (QED) is 0.693. The van der Waals surface area contributed by atoms with E-state index in [1.807, 2.05) is 6.07 Å². The van der Waals surface area contributed by atoms with E-state index in [0.717, 1.165) is 30.8 Å². The van der Waals surface area contributed by atoms with Gasteiger partial charge < -0.3 is 9.47 Å². The summed E-state index contributed by atoms with van der Waals surface area (Å²) >= 11 is 0. The number of rotatable bonds is 7. The van der Waals surface area contributed by atoms with Gasteiger partial charge in [-0.05, 0) is 42.0 Å². The molecule has 2 nitrogen and oxygen atoms in total. The van der Waals surface area contributed by atoms with Crippen molar-refractivity contribution >= 4 is 5.57 Å². The first-order valence-corrected chi connectivity index (χ1v) is 7.03. The van der Waals surface area contributed by atoms with Crippen LogP contribution in [0.3, 0.4) is 0 Å². The third-order valence-corrected chi connectivity index (χ3v) is 3.11. The summed E-state index contributed by atoms with van der Waals surface area (Å²) in [5.74, 6) is 2.27. The zero-order valence-corrected chi connectivity index (χ0v) is 12.8. The van der Waals surface area contributed by atoms with Gasteiger partial charge in [0.15, 0.2) is 11.5 Å². The van der Waals surface area contributed by atoms with Gasteiger partial charge in [0.05, 0.1) is 14.2 Å². The summed E-state index contributed by atoms with van der Waals surface area (Å²) in [7, 11) is 3.35. The van der Waals surface area contributed by atoms with Gasteiger partial charge in [-0.25, -0.2) is 0 Å². The summed E-state index contributed by atoms with van der Waals surface area (Å²) in [6, 6.07) is 6.16. The van der Waals surface area contributed by atoms with Gasteiger partial charge in [0.1, 0.15) is 0 Å². The molecular weight excluding hydrogens is 236 g/mol. The zero-order valence-electron chi connectivity index (χ0n) is 12.8. The second-order valence-electron chi connectivity index (χ2n) is 5.18. The van der Waals surface area contributed by atoms with E-state index in [1.165, 1.54) is 11.1 Å². The van der Waals surface area contributed by atoms with Crippen LogP contribution < -0.4 is 9.47 Å². The summed E-state index contributed by atoms with van der Waals surface area (Å²) in [6.45, 7) is 6.70. The lowest BCUT2D eigenvalue weighted by Gasteiger charge is -2.12. The fourth-order valence-electron chi connectivity index (χ4n) is 2.05. The first-order chi connectivity index (χ1) is 9.12. The Morgan fingerprint density at radius 3 is 2.37 bits per heavy atom. The highest BCUT2D eigenvalue weighted by Gasteiger charge is 2.07. The molecule has 1 rings (SSSR count). The summed E-state index contributed by atoms with van der Waals surface area (Å²) in [4.78, 5) is 0. The van der Waals surface area contributed by atoms with Gasteiger partial charge in [0.2, 0.25) is 0 Å². The minimum absolute atomic E-state index is 0.687. The lowest BCUT2D eigenvalue weighted by Crippen LogP contribution is -1.93. The molecule has 0 aromatic heterocycles. The molecule has 2 heteroatoms. The third kappa shape index (κ3) is 4.62. The van der Waals surface area contributed by atoms with E-state index < -0.39 is 0 Å². The molecule has 0 aliphatic heterocycles. The molecule has 0 aliphatic rings. The highest BCUT2D eigenvalue weighted by atomic mass is 16.5. The van der Waals surface area contributed by atoms with Crippen molar-refractivity contribution in [2.75, 3.05) is 14.2 Å². The Hall–Kier alpha value is -1.44. The normalized spacial score (nSPS) is 11.8. The molecule has 0 N–H and O–H groups in total. The van der Waals surface area contributed by atoms with E-state index in [0.29, 0.717) is 5.92 Å². The molecule has 1 aromatic carbocycles. The fraction of sp³-hybridized carbons (Fsp3) is 0.529. The minimum Gasteiger partial charge on any atom is -0.493 e. The molecule has 0 atom stereocenters. The largest absolute Gasteiger partial charge is 0.493 e. The summed E-state index contributed by atoms with van der Waals surface area (Å²) in [5, 5.41) is 0. The maximum absolute atomic E-state index is 5.38. The Morgan fingerprint density at radius 2 is 1.84 bits per heavy atom. The third-order valence-electron chi connectivity index (χ3n) is 3.11. The van der Waals surface area contributed by atoms with Crippen molar-refractivity contribution in [1.82, 2.24) is 0 Å². The molecular formula is C17H26O2. The van der Waals surface area contributed by atoms with Crippen LogP contribution in [-0.4, -0.2) is 14.2 Å². The monoisotopic (exact) mass is 262 g/mol. The average Bonchev–Trinajstić information content (AvgIpc) is 2.42. The Morgan fingerprint density at radius 1 is 1.16 bits per heavy atom. The van der Waals surface area contributed by atoms with Crippen LogP contribution in [-0.2, 0) is 0 Å². The Kier molecular flexibility index (Phi) is 6.48. The van der Waals surface area contributed by atoms with Gasteiger partial charge in [-0.1, -0.05) is 39.3 Å². The number of allylic oxidation sites excluding steroid dienone is 2. The standard InChI is InChI=1S/C17H26O2/c1-6-7-14(9-8-13(2)3)15-10-11-16(18-4)17(12-15)19-5/h9-13H,6-8H2,1-5H3/b14-9-. The number of ether oxygens (including phenoxy) is 2. The Balaban J connectivity index is 3.05. The molecule has 0 heterocycles. The molecule has 0 amide bonds. The predicted molar refractivity (Wildman–Crippen MR) is 81.9 cm³/mol. The maximum Gasteiger partial charge on any atom is 0.161 e. The van der Waals surface area contributed by atoms with Crippen molar-refractivity contribution in [3.63, 3.8) is 0 Å². The van der Waals surface area contributed by atoms with Crippen molar-refractivity contribution in [2.45, 2.75) is 40.0 Å². The van der Waals surface area contributed by atoms with Gasteiger partial charge in [-0.3, -0.25) is 0 Å². The number of methoxy groups -OCH3 is 2. The van der Waals surface area contributed by atoms with Gasteiger partial charge >= 0.3 is 0 Å². The number of hydrogen-bond acceptors (Lipinski definition) is 2. The molecule has 0 bridgehead atoms. The Bertz CT molecular complexity index is 419. The maximum atomic E-state index is 5.38. The van der Waals surface area contributed by atoms with E-state index >= 15 is 0 Å². The van der Waals surface area contributed by atoms with Crippen molar-refractivity contribution in [2.24, 2.45) is 5.92 Å². The topological polar surface area (TPSA) is 18.5 Å². The summed E-state index contributed by atoms with van der Waals surface area (Å²) in [6.07, 6.45) is 5.72. The second-order valence-corrected chi connectivity index (χ2v) is 5.18. The molecule has 0 saturated carbocycles. The first kappa shape index (κ1) is 15.6. The Labute approximate surface area is 117 Å². The van der Waals surface area contributed by atoms with Crippen molar-refractivity contribution in [1.29, 1.82) is 0 Å². The van der Waals surface area contributed by atoms with Crippen LogP contribution in [0.4, 0.5) is 0 Å². The summed E-state index contributed by atoms with van der Waals surface area (Å²) in [5.41, 5.74) is 2.64. The van der Waals surface area contributed by atoms with Crippen LogP contribution in [0.1, 0.15) is 45.6 Å². The van der Waals surface area contributed by atoms with Crippen LogP contribution in [0.2, 0.25) is 0 Å². The minimum atomic E-state index is 0.687. The van der Waals surface area contributed by atoms with Gasteiger partial charge in [-0.2, -0.15) is 0 Å². The zero-order chi connectivity index (χ0) is 14.3. The fourth-order valence-corrected chi connectivity index (χ4v) is 2.05. The molecule has 0 fully saturated rings. The molecule has 19 heavy (non-hydrogen) atoms. The molecule has 0 spiro atoms. The molecule has 0 aliphatic carbocycles. The highest BCUT2D eigenvalue weighted by molar-refractivity contribution is 5.68. The van der Waals surface area contributed by atoms with E-state index in [2.05, 4.69) is 39.0 Å². The van der Waals surface area contributed by atoms with Crippen molar-refractivity contribution in [3.8, 4) is 11.5 Å². The van der Waals surface area contributed by atoms with Crippen LogP contribution >= 0.6 is 0 Å².